The summed E-state index contributed by atoms with van der Waals surface area (Å²) < 4.78 is 0. The number of nitriles is 1. The fourth-order valence-electron chi connectivity index (χ4n) is 1.78. The Bertz CT molecular complexity index is 274. The molecule has 4 heteroatoms. The highest BCUT2D eigenvalue weighted by Crippen LogP contribution is 2.12. The van der Waals surface area contributed by atoms with E-state index < -0.39 is 5.41 Å². The number of hydrogen-bond donors (Lipinski definition) is 1. The molecule has 1 saturated heterocycles. The fourth-order valence-corrected chi connectivity index (χ4v) is 1.78. The number of nitrogens with zero attached hydrogens (tertiary/aromatic N) is 2. The number of likely N-dealkylation sites (tertiary alicyclic amines) is 1. The zero-order valence-electron chi connectivity index (χ0n) is 10.3. The summed E-state index contributed by atoms with van der Waals surface area (Å²) in [6.45, 7) is 7.38. The number of nitrogens with one attached hydrogen (secondary N) is 1. The van der Waals surface area contributed by atoms with E-state index in [2.05, 4.69) is 10.2 Å². The summed E-state index contributed by atoms with van der Waals surface area (Å²) >= 11 is 0. The highest BCUT2D eigenvalue weighted by molar-refractivity contribution is 5.84. The lowest BCUT2D eigenvalue weighted by Gasteiger charge is -2.17. The largest absolute Gasteiger partial charge is 0.355 e. The first-order valence-electron chi connectivity index (χ1n) is 5.98. The molecule has 0 aliphatic carbocycles. The lowest BCUT2D eigenvalue weighted by atomic mass is 9.95. The first kappa shape index (κ1) is 13.0. The number of hydrogen-bond acceptors (Lipinski definition) is 3. The Morgan fingerprint density at radius 2 is 2.06 bits per heavy atom. The van der Waals surface area contributed by atoms with Gasteiger partial charge in [0.2, 0.25) is 5.91 Å². The van der Waals surface area contributed by atoms with Gasteiger partial charge in [0.25, 0.3) is 0 Å². The number of amides is 1. The van der Waals surface area contributed by atoms with Crippen LogP contribution in [0.1, 0.15) is 33.1 Å². The van der Waals surface area contributed by atoms with E-state index in [1.807, 2.05) is 6.07 Å². The van der Waals surface area contributed by atoms with Crippen LogP contribution in [0.15, 0.2) is 0 Å². The van der Waals surface area contributed by atoms with Crippen molar-refractivity contribution >= 4 is 5.91 Å². The molecule has 0 atom stereocenters. The first-order valence-corrected chi connectivity index (χ1v) is 5.98. The molecule has 16 heavy (non-hydrogen) atoms. The number of carbonyl (C=O) groups is 1. The molecule has 1 fully saturated rings. The van der Waals surface area contributed by atoms with E-state index in [1.165, 1.54) is 25.9 Å². The summed E-state index contributed by atoms with van der Waals surface area (Å²) in [6, 6.07) is 2.00. The van der Waals surface area contributed by atoms with Crippen LogP contribution in [-0.4, -0.2) is 37.0 Å². The summed E-state index contributed by atoms with van der Waals surface area (Å²) in [6.07, 6.45) is 3.56. The second-order valence-corrected chi connectivity index (χ2v) is 4.90. The summed E-state index contributed by atoms with van der Waals surface area (Å²) in [5.74, 6) is -0.170. The lowest BCUT2D eigenvalue weighted by Crippen LogP contribution is -2.37. The van der Waals surface area contributed by atoms with Gasteiger partial charge in [0, 0.05) is 6.54 Å². The van der Waals surface area contributed by atoms with E-state index in [9.17, 15) is 4.79 Å². The second kappa shape index (κ2) is 5.86. The molecule has 0 aromatic heterocycles. The zero-order chi connectivity index (χ0) is 12.0. The van der Waals surface area contributed by atoms with Gasteiger partial charge in [0.1, 0.15) is 5.41 Å². The van der Waals surface area contributed by atoms with Gasteiger partial charge in [-0.2, -0.15) is 5.26 Å². The van der Waals surface area contributed by atoms with Gasteiger partial charge >= 0.3 is 0 Å². The molecule has 0 aromatic carbocycles. The molecule has 1 N–H and O–H groups in total. The molecule has 1 amide bonds. The molecule has 1 heterocycles. The normalized spacial score (nSPS) is 17.1. The Balaban J connectivity index is 2.11. The van der Waals surface area contributed by atoms with Crippen LogP contribution in [0.4, 0.5) is 0 Å². The van der Waals surface area contributed by atoms with E-state index in [0.717, 1.165) is 13.0 Å². The topological polar surface area (TPSA) is 56.1 Å². The third-order valence-electron chi connectivity index (χ3n) is 2.98. The van der Waals surface area contributed by atoms with Gasteiger partial charge in [-0.3, -0.25) is 4.79 Å². The van der Waals surface area contributed by atoms with Crippen LogP contribution in [0, 0.1) is 16.7 Å². The molecule has 0 saturated carbocycles. The summed E-state index contributed by atoms with van der Waals surface area (Å²) in [7, 11) is 0. The predicted molar refractivity (Wildman–Crippen MR) is 62.7 cm³/mol. The molecule has 1 aliphatic heterocycles. The van der Waals surface area contributed by atoms with Gasteiger partial charge in [-0.15, -0.1) is 0 Å². The fraction of sp³-hybridized carbons (Fsp3) is 0.833. The molecule has 0 unspecified atom stereocenters. The van der Waals surface area contributed by atoms with Crippen molar-refractivity contribution in [1.82, 2.24) is 10.2 Å². The van der Waals surface area contributed by atoms with Crippen LogP contribution in [0.2, 0.25) is 0 Å². The second-order valence-electron chi connectivity index (χ2n) is 4.90. The van der Waals surface area contributed by atoms with Crippen LogP contribution in [0.5, 0.6) is 0 Å². The Hall–Kier alpha value is -1.08. The van der Waals surface area contributed by atoms with Crippen molar-refractivity contribution in [2.45, 2.75) is 33.1 Å². The van der Waals surface area contributed by atoms with Gasteiger partial charge < -0.3 is 10.2 Å². The summed E-state index contributed by atoms with van der Waals surface area (Å²) in [4.78, 5) is 14.0. The van der Waals surface area contributed by atoms with Crippen molar-refractivity contribution in [3.05, 3.63) is 0 Å². The maximum absolute atomic E-state index is 11.5. The molecule has 4 nitrogen and oxygen atoms in total. The molecular weight excluding hydrogens is 202 g/mol. The van der Waals surface area contributed by atoms with E-state index in [4.69, 9.17) is 5.26 Å². The average Bonchev–Trinajstić information content (AvgIpc) is 2.76. The van der Waals surface area contributed by atoms with Gasteiger partial charge in [0.05, 0.1) is 6.07 Å². The third-order valence-corrected chi connectivity index (χ3v) is 2.98. The van der Waals surface area contributed by atoms with E-state index in [-0.39, 0.29) is 5.91 Å². The Labute approximate surface area is 97.6 Å². The van der Waals surface area contributed by atoms with Crippen molar-refractivity contribution in [2.24, 2.45) is 5.41 Å². The Morgan fingerprint density at radius 3 is 2.62 bits per heavy atom. The first-order chi connectivity index (χ1) is 7.56. The quantitative estimate of drug-likeness (QED) is 0.711. The van der Waals surface area contributed by atoms with Gasteiger partial charge in [0.15, 0.2) is 0 Å². The number of carbonyl (C=O) groups excluding carboxylic acids is 1. The number of rotatable bonds is 5. The van der Waals surface area contributed by atoms with Crippen LogP contribution < -0.4 is 5.32 Å². The van der Waals surface area contributed by atoms with Gasteiger partial charge in [-0.1, -0.05) is 0 Å². The van der Waals surface area contributed by atoms with Crippen LogP contribution in [-0.2, 0) is 4.79 Å². The van der Waals surface area contributed by atoms with Crippen LogP contribution in [0.3, 0.4) is 0 Å². The van der Waals surface area contributed by atoms with Gasteiger partial charge in [-0.05, 0) is 52.7 Å². The molecule has 0 bridgehead atoms. The minimum absolute atomic E-state index is 0.170. The van der Waals surface area contributed by atoms with Gasteiger partial charge in [-0.25, -0.2) is 0 Å². The van der Waals surface area contributed by atoms with E-state index >= 15 is 0 Å². The maximum Gasteiger partial charge on any atom is 0.239 e. The standard InChI is InChI=1S/C12H21N3O/c1-12(2,10-13)11(16)14-6-5-9-15-7-3-4-8-15/h3-9H2,1-2H3,(H,14,16). The maximum atomic E-state index is 11.5. The van der Waals surface area contributed by atoms with Crippen molar-refractivity contribution in [3.63, 3.8) is 0 Å². The van der Waals surface area contributed by atoms with Crippen LogP contribution >= 0.6 is 0 Å². The SMILES string of the molecule is CC(C)(C#N)C(=O)NCCCN1CCCC1. The van der Waals surface area contributed by atoms with E-state index in [0.29, 0.717) is 6.54 Å². The van der Waals surface area contributed by atoms with Crippen molar-refractivity contribution in [1.29, 1.82) is 5.26 Å². The average molecular weight is 223 g/mol. The molecule has 0 radical (unpaired) electrons. The highest BCUT2D eigenvalue weighted by atomic mass is 16.2. The summed E-state index contributed by atoms with van der Waals surface area (Å²) in [5, 5.41) is 11.6. The predicted octanol–water partition coefficient (Wildman–Crippen LogP) is 1.14. The zero-order valence-corrected chi connectivity index (χ0v) is 10.3. The molecular formula is C12H21N3O. The van der Waals surface area contributed by atoms with Crippen LogP contribution in [0.25, 0.3) is 0 Å². The third kappa shape index (κ3) is 3.82. The molecule has 1 rings (SSSR count). The highest BCUT2D eigenvalue weighted by Gasteiger charge is 2.26. The molecule has 0 spiro atoms. The minimum atomic E-state index is -0.909. The van der Waals surface area contributed by atoms with Crippen molar-refractivity contribution in [2.75, 3.05) is 26.2 Å². The molecule has 90 valence electrons. The van der Waals surface area contributed by atoms with E-state index in [1.54, 1.807) is 13.8 Å². The summed E-state index contributed by atoms with van der Waals surface area (Å²) in [5.41, 5.74) is -0.909. The van der Waals surface area contributed by atoms with Crippen molar-refractivity contribution < 1.29 is 4.79 Å². The Morgan fingerprint density at radius 1 is 1.44 bits per heavy atom. The monoisotopic (exact) mass is 223 g/mol. The minimum Gasteiger partial charge on any atom is -0.355 e. The smallest absolute Gasteiger partial charge is 0.239 e. The Kier molecular flexibility index (Phi) is 4.75. The molecule has 1 aliphatic rings. The van der Waals surface area contributed by atoms with Crippen molar-refractivity contribution in [3.8, 4) is 6.07 Å². The molecule has 0 aromatic rings. The lowest BCUT2D eigenvalue weighted by molar-refractivity contribution is -0.126.